The van der Waals surface area contributed by atoms with Crippen molar-refractivity contribution in [2.75, 3.05) is 0 Å². The van der Waals surface area contributed by atoms with Crippen molar-refractivity contribution in [1.82, 2.24) is 0 Å². The normalized spacial score (nSPS) is 18.2. The Labute approximate surface area is 241 Å². The van der Waals surface area contributed by atoms with E-state index in [4.69, 9.17) is 17.0 Å². The van der Waals surface area contributed by atoms with Crippen molar-refractivity contribution in [1.29, 1.82) is 0 Å². The molecule has 0 radical (unpaired) electrons. The molecule has 0 heterocycles. The Morgan fingerprint density at radius 2 is 1.15 bits per heavy atom. The van der Waals surface area contributed by atoms with Gasteiger partial charge in [-0.25, -0.2) is 0 Å². The van der Waals surface area contributed by atoms with Crippen molar-refractivity contribution >= 4 is 17.0 Å². The van der Waals surface area contributed by atoms with Crippen LogP contribution >= 0.6 is 17.0 Å². The van der Waals surface area contributed by atoms with Crippen molar-refractivity contribution in [3.8, 4) is 0 Å². The average molecular weight is 684 g/mol. The van der Waals surface area contributed by atoms with Crippen molar-refractivity contribution < 1.29 is 67.4 Å². The zero-order valence-electron chi connectivity index (χ0n) is 20.8. The topological polar surface area (TPSA) is 0 Å². The summed E-state index contributed by atoms with van der Waals surface area (Å²) in [6.45, 7) is 13.6. The summed E-state index contributed by atoms with van der Waals surface area (Å²) >= 11 is -2.01. The van der Waals surface area contributed by atoms with Crippen LogP contribution in [-0.4, -0.2) is 0 Å². The molecule has 4 rings (SSSR count). The van der Waals surface area contributed by atoms with Gasteiger partial charge in [0.15, 0.2) is 0 Å². The number of hydrogen-bond donors (Lipinski definition) is 0. The molecule has 0 aromatic carbocycles. The van der Waals surface area contributed by atoms with E-state index in [1.165, 1.54) is 44.8 Å². The summed E-state index contributed by atoms with van der Waals surface area (Å²) in [5.74, 6) is 0. The second-order valence-electron chi connectivity index (χ2n) is 8.53. The van der Waals surface area contributed by atoms with Gasteiger partial charge in [0.2, 0.25) is 0 Å². The third kappa shape index (κ3) is 9.67. The molecule has 0 N–H and O–H groups in total. The first kappa shape index (κ1) is 33.8. The predicted molar refractivity (Wildman–Crippen MR) is 133 cm³/mol. The van der Waals surface area contributed by atoms with Crippen LogP contribution in [0.3, 0.4) is 0 Å². The van der Waals surface area contributed by atoms with Gasteiger partial charge < -0.3 is 24.8 Å². The molecule has 0 aliphatic heterocycles. The Morgan fingerprint density at radius 1 is 0.697 bits per heavy atom. The van der Waals surface area contributed by atoms with Gasteiger partial charge in [0.25, 0.3) is 0 Å². The van der Waals surface area contributed by atoms with Crippen LogP contribution < -0.4 is 24.8 Å². The number of hydrogen-bond acceptors (Lipinski definition) is 0. The first-order valence-electron chi connectivity index (χ1n) is 11.0. The average Bonchev–Trinajstić information content (AvgIpc) is 3.54. The maximum atomic E-state index is 5.74. The molecule has 0 aromatic rings. The molecule has 0 spiro atoms. The second-order valence-corrected chi connectivity index (χ2v) is 19.8. The molecule has 0 bridgehead atoms. The first-order valence-corrected chi connectivity index (χ1v) is 22.2. The van der Waals surface area contributed by atoms with Gasteiger partial charge in [-0.15, -0.1) is 0 Å². The summed E-state index contributed by atoms with van der Waals surface area (Å²) in [7, 11) is 11.5. The standard InChI is InChI=1S/C16H22.2C5H5.CH3.4ClH.2Zr/c1-9-7-15(13(5)11(9)3)16-8-10(2)12(4)14(16)6;2*1-2-4-5-3-1;;;;;;;/h7-8H2,1-6H3;2*1-3H,4H2;1H3;4*1H;;/q;;;;;;;;2*+2/p-4. The van der Waals surface area contributed by atoms with E-state index >= 15 is 0 Å². The zero-order valence-corrected chi connectivity index (χ0v) is 28.7. The second kappa shape index (κ2) is 16.6. The summed E-state index contributed by atoms with van der Waals surface area (Å²) in [4.78, 5) is 0. The summed E-state index contributed by atoms with van der Waals surface area (Å²) in [6, 6.07) is 0. The van der Waals surface area contributed by atoms with Gasteiger partial charge in [0, 0.05) is 0 Å². The van der Waals surface area contributed by atoms with Gasteiger partial charge in [-0.1, -0.05) is 11.1 Å². The van der Waals surface area contributed by atoms with Crippen molar-refractivity contribution in [3.63, 3.8) is 0 Å². The number of allylic oxidation sites excluding steroid dienone is 16. The van der Waals surface area contributed by atoms with Crippen LogP contribution in [-0.2, 0) is 42.6 Å². The van der Waals surface area contributed by atoms with E-state index in [9.17, 15) is 0 Å². The van der Waals surface area contributed by atoms with Gasteiger partial charge in [-0.3, -0.25) is 0 Å². The monoisotopic (exact) mass is 679 g/mol. The summed E-state index contributed by atoms with van der Waals surface area (Å²) in [6.07, 6.45) is 17.4. The van der Waals surface area contributed by atoms with Crippen LogP contribution in [0.2, 0.25) is 4.63 Å². The molecule has 0 aromatic heterocycles. The van der Waals surface area contributed by atoms with E-state index in [0.717, 1.165) is 6.42 Å². The Morgan fingerprint density at radius 3 is 1.36 bits per heavy atom. The summed E-state index contributed by atoms with van der Waals surface area (Å²) < 4.78 is 5.38. The van der Waals surface area contributed by atoms with E-state index in [1.54, 1.807) is 25.6 Å². The van der Waals surface area contributed by atoms with Gasteiger partial charge in [0.1, 0.15) is 0 Å². The van der Waals surface area contributed by atoms with E-state index < -0.39 is 19.4 Å². The summed E-state index contributed by atoms with van der Waals surface area (Å²) in [5.41, 5.74) is 12.4. The van der Waals surface area contributed by atoms with E-state index in [-0.39, 0.29) is 48.0 Å². The Bertz CT molecular complexity index is 909. The van der Waals surface area contributed by atoms with Crippen molar-refractivity contribution in [2.45, 2.75) is 71.9 Å². The fourth-order valence-electron chi connectivity index (χ4n) is 4.04. The van der Waals surface area contributed by atoms with E-state index in [0.29, 0.717) is 0 Å². The van der Waals surface area contributed by atoms with Crippen LogP contribution in [0.25, 0.3) is 0 Å². The molecule has 4 aliphatic carbocycles. The number of rotatable bonds is 3. The Hall–Kier alpha value is 0.846. The molecular formula is C27H35Cl4Zr2. The maximum absolute atomic E-state index is 5.74. The van der Waals surface area contributed by atoms with Crippen molar-refractivity contribution in [3.05, 3.63) is 87.6 Å². The predicted octanol–water partition coefficient (Wildman–Crippen LogP) is 3.82. The van der Waals surface area contributed by atoms with Crippen LogP contribution in [0.4, 0.5) is 0 Å². The molecule has 179 valence electrons. The molecule has 0 nitrogen and oxygen atoms in total. The molecule has 0 atom stereocenters. The van der Waals surface area contributed by atoms with E-state index in [2.05, 4.69) is 70.5 Å². The van der Waals surface area contributed by atoms with Crippen molar-refractivity contribution in [2.24, 2.45) is 0 Å². The minimum absolute atomic E-state index is 0. The third-order valence-corrected chi connectivity index (χ3v) is 14.1. The molecule has 33 heavy (non-hydrogen) atoms. The fraction of sp³-hybridized carbons (Fsp3) is 0.407. The van der Waals surface area contributed by atoms with Crippen LogP contribution in [0.1, 0.15) is 67.2 Å². The third-order valence-electron chi connectivity index (χ3n) is 6.67. The molecular weight excluding hydrogens is 649 g/mol. The van der Waals surface area contributed by atoms with Crippen LogP contribution in [0.5, 0.6) is 0 Å². The summed E-state index contributed by atoms with van der Waals surface area (Å²) in [5, 5.41) is 0. The van der Waals surface area contributed by atoms with Gasteiger partial charge >= 0.3 is 120 Å². The minimum atomic E-state index is -1.96. The SMILES string of the molecule is CC1=C(C)C(C)=C(C2=C(C)C(C)=C(C)C2)C1.[CH3][Zr+2][C]1=CC=CC1.[Cl-].[Cl-].[Cl][Zr]([Cl])[C]1=CC=CC1. The Balaban J connectivity index is 0.000000509. The molecule has 4 aliphatic rings. The molecule has 0 saturated carbocycles. The molecule has 6 heteroatoms. The first-order chi connectivity index (χ1) is 14.7. The Kier molecular flexibility index (Phi) is 17.0. The van der Waals surface area contributed by atoms with Crippen LogP contribution in [0, 0.1) is 0 Å². The van der Waals surface area contributed by atoms with Gasteiger partial charge in [-0.2, -0.15) is 0 Å². The van der Waals surface area contributed by atoms with Crippen LogP contribution in [0.15, 0.2) is 87.6 Å². The number of halogens is 4. The molecule has 0 fully saturated rings. The van der Waals surface area contributed by atoms with Gasteiger partial charge in [0.05, 0.1) is 0 Å². The molecule has 0 unspecified atom stereocenters. The molecule has 0 saturated heterocycles. The quantitative estimate of drug-likeness (QED) is 0.425. The fourth-order valence-corrected chi connectivity index (χ4v) is 8.35. The molecule has 0 amide bonds. The zero-order chi connectivity index (χ0) is 23.1. The van der Waals surface area contributed by atoms with E-state index in [1.807, 2.05) is 12.2 Å². The van der Waals surface area contributed by atoms with Gasteiger partial charge in [-0.05, 0) is 87.8 Å².